The second-order valence-corrected chi connectivity index (χ2v) is 3.90. The molecule has 0 aliphatic heterocycles. The highest BCUT2D eigenvalue weighted by molar-refractivity contribution is 5.37. The normalized spacial score (nSPS) is 10.6. The highest BCUT2D eigenvalue weighted by atomic mass is 16.5. The molecule has 1 N–H and O–H groups in total. The Labute approximate surface area is 85.5 Å². The number of rotatable bonds is 4. The van der Waals surface area contributed by atoms with Crippen molar-refractivity contribution in [3.05, 3.63) is 29.3 Å². The lowest BCUT2D eigenvalue weighted by Gasteiger charge is -2.10. The zero-order chi connectivity index (χ0) is 10.6. The van der Waals surface area contributed by atoms with Crippen molar-refractivity contribution in [1.29, 1.82) is 0 Å². The molecule has 1 rings (SSSR count). The quantitative estimate of drug-likeness (QED) is 0.797. The Morgan fingerprint density at radius 3 is 2.57 bits per heavy atom. The third-order valence-corrected chi connectivity index (χ3v) is 2.17. The van der Waals surface area contributed by atoms with Crippen LogP contribution in [0.2, 0.25) is 0 Å². The molecule has 0 aliphatic carbocycles. The number of hydrogen-bond acceptors (Lipinski definition) is 2. The summed E-state index contributed by atoms with van der Waals surface area (Å²) in [6.45, 7) is 4.41. The van der Waals surface area contributed by atoms with Crippen LogP contribution in [0.4, 0.5) is 0 Å². The van der Waals surface area contributed by atoms with Gasteiger partial charge >= 0.3 is 0 Å². The first-order valence-corrected chi connectivity index (χ1v) is 4.94. The van der Waals surface area contributed by atoms with Crippen molar-refractivity contribution in [3.8, 4) is 5.75 Å². The smallest absolute Gasteiger partial charge is 0.124 e. The average Bonchev–Trinajstić information content (AvgIpc) is 2.16. The molecule has 0 radical (unpaired) electrons. The van der Waals surface area contributed by atoms with Crippen LogP contribution in [0, 0.1) is 5.92 Å². The van der Waals surface area contributed by atoms with E-state index in [1.54, 1.807) is 7.11 Å². The van der Waals surface area contributed by atoms with Crippen molar-refractivity contribution in [2.45, 2.75) is 26.9 Å². The van der Waals surface area contributed by atoms with Gasteiger partial charge < -0.3 is 9.84 Å². The van der Waals surface area contributed by atoms with Crippen LogP contribution >= 0.6 is 0 Å². The monoisotopic (exact) mass is 194 g/mol. The summed E-state index contributed by atoms with van der Waals surface area (Å²) in [5, 5.41) is 9.04. The Hall–Kier alpha value is -1.02. The molecule has 0 aliphatic rings. The van der Waals surface area contributed by atoms with E-state index in [9.17, 15) is 0 Å². The van der Waals surface area contributed by atoms with E-state index in [1.807, 2.05) is 18.2 Å². The SMILES string of the molecule is COc1cc(CC(C)C)ccc1CO. The van der Waals surface area contributed by atoms with Crippen LogP contribution in [0.15, 0.2) is 18.2 Å². The van der Waals surface area contributed by atoms with Crippen molar-refractivity contribution < 1.29 is 9.84 Å². The van der Waals surface area contributed by atoms with Gasteiger partial charge in [0.1, 0.15) is 5.75 Å². The summed E-state index contributed by atoms with van der Waals surface area (Å²) < 4.78 is 5.20. The van der Waals surface area contributed by atoms with Gasteiger partial charge in [-0.25, -0.2) is 0 Å². The van der Waals surface area contributed by atoms with Crippen LogP contribution < -0.4 is 4.74 Å². The Kier molecular flexibility index (Phi) is 3.96. The lowest BCUT2D eigenvalue weighted by Crippen LogP contribution is -1.97. The summed E-state index contributed by atoms with van der Waals surface area (Å²) in [7, 11) is 1.63. The van der Waals surface area contributed by atoms with Crippen LogP contribution in [-0.4, -0.2) is 12.2 Å². The Morgan fingerprint density at radius 2 is 2.07 bits per heavy atom. The van der Waals surface area contributed by atoms with Gasteiger partial charge in [-0.1, -0.05) is 26.0 Å². The first kappa shape index (κ1) is 11.1. The van der Waals surface area contributed by atoms with Gasteiger partial charge in [0, 0.05) is 5.56 Å². The second-order valence-electron chi connectivity index (χ2n) is 3.90. The van der Waals surface area contributed by atoms with Gasteiger partial charge in [-0.2, -0.15) is 0 Å². The summed E-state index contributed by atoms with van der Waals surface area (Å²) in [4.78, 5) is 0. The summed E-state index contributed by atoms with van der Waals surface area (Å²) in [6, 6.07) is 5.98. The minimum absolute atomic E-state index is 0.0329. The summed E-state index contributed by atoms with van der Waals surface area (Å²) >= 11 is 0. The maximum atomic E-state index is 9.04. The number of benzene rings is 1. The number of methoxy groups -OCH3 is 1. The van der Waals surface area contributed by atoms with Crippen molar-refractivity contribution in [3.63, 3.8) is 0 Å². The lowest BCUT2D eigenvalue weighted by atomic mass is 10.0. The van der Waals surface area contributed by atoms with Crippen LogP contribution in [0.3, 0.4) is 0 Å². The number of aliphatic hydroxyl groups is 1. The lowest BCUT2D eigenvalue weighted by molar-refractivity contribution is 0.273. The molecule has 0 aromatic heterocycles. The van der Waals surface area contributed by atoms with Crippen molar-refractivity contribution >= 4 is 0 Å². The Balaban J connectivity index is 2.89. The van der Waals surface area contributed by atoms with E-state index < -0.39 is 0 Å². The Morgan fingerprint density at radius 1 is 1.36 bits per heavy atom. The number of aliphatic hydroxyl groups excluding tert-OH is 1. The summed E-state index contributed by atoms with van der Waals surface area (Å²) in [5.41, 5.74) is 2.11. The zero-order valence-corrected chi connectivity index (χ0v) is 9.08. The van der Waals surface area contributed by atoms with Gasteiger partial charge in [0.25, 0.3) is 0 Å². The molecule has 14 heavy (non-hydrogen) atoms. The van der Waals surface area contributed by atoms with Crippen molar-refractivity contribution in [2.24, 2.45) is 5.92 Å². The molecule has 0 spiro atoms. The van der Waals surface area contributed by atoms with E-state index in [-0.39, 0.29) is 6.61 Å². The fourth-order valence-electron chi connectivity index (χ4n) is 1.52. The van der Waals surface area contributed by atoms with E-state index in [1.165, 1.54) is 5.56 Å². The zero-order valence-electron chi connectivity index (χ0n) is 9.08. The second kappa shape index (κ2) is 5.01. The first-order valence-electron chi connectivity index (χ1n) is 4.94. The molecule has 0 saturated heterocycles. The molecule has 0 fully saturated rings. The van der Waals surface area contributed by atoms with Gasteiger partial charge in [0.05, 0.1) is 13.7 Å². The molecule has 0 atom stereocenters. The van der Waals surface area contributed by atoms with Crippen molar-refractivity contribution in [1.82, 2.24) is 0 Å². The molecule has 0 bridgehead atoms. The fourth-order valence-corrected chi connectivity index (χ4v) is 1.52. The molecular weight excluding hydrogens is 176 g/mol. The third-order valence-electron chi connectivity index (χ3n) is 2.17. The van der Waals surface area contributed by atoms with Gasteiger partial charge in [-0.15, -0.1) is 0 Å². The molecule has 0 amide bonds. The van der Waals surface area contributed by atoms with E-state index in [2.05, 4.69) is 13.8 Å². The van der Waals surface area contributed by atoms with Crippen LogP contribution in [0.25, 0.3) is 0 Å². The van der Waals surface area contributed by atoms with E-state index >= 15 is 0 Å². The number of ether oxygens (including phenoxy) is 1. The first-order chi connectivity index (χ1) is 6.67. The van der Waals surface area contributed by atoms with E-state index in [4.69, 9.17) is 9.84 Å². The molecule has 0 heterocycles. The van der Waals surface area contributed by atoms with Gasteiger partial charge in [-0.3, -0.25) is 0 Å². The molecule has 0 saturated carbocycles. The maximum absolute atomic E-state index is 9.04. The molecular formula is C12H18O2. The molecule has 78 valence electrons. The van der Waals surface area contributed by atoms with Crippen LogP contribution in [0.1, 0.15) is 25.0 Å². The highest BCUT2D eigenvalue weighted by Crippen LogP contribution is 2.21. The topological polar surface area (TPSA) is 29.5 Å². The highest BCUT2D eigenvalue weighted by Gasteiger charge is 2.04. The minimum Gasteiger partial charge on any atom is -0.496 e. The molecule has 1 aromatic rings. The largest absolute Gasteiger partial charge is 0.496 e. The summed E-state index contributed by atoms with van der Waals surface area (Å²) in [5.74, 6) is 1.42. The molecule has 2 nitrogen and oxygen atoms in total. The summed E-state index contributed by atoms with van der Waals surface area (Å²) in [6.07, 6.45) is 1.04. The predicted molar refractivity (Wildman–Crippen MR) is 57.5 cm³/mol. The number of hydrogen-bond donors (Lipinski definition) is 1. The third kappa shape index (κ3) is 2.74. The standard InChI is InChI=1S/C12H18O2/c1-9(2)6-10-4-5-11(8-13)12(7-10)14-3/h4-5,7,9,13H,6,8H2,1-3H3. The fraction of sp³-hybridized carbons (Fsp3) is 0.500. The van der Waals surface area contributed by atoms with E-state index in [0.29, 0.717) is 5.92 Å². The van der Waals surface area contributed by atoms with Gasteiger partial charge in [-0.05, 0) is 24.0 Å². The molecule has 0 unspecified atom stereocenters. The maximum Gasteiger partial charge on any atom is 0.124 e. The van der Waals surface area contributed by atoms with Gasteiger partial charge in [0.2, 0.25) is 0 Å². The average molecular weight is 194 g/mol. The van der Waals surface area contributed by atoms with Crippen LogP contribution in [0.5, 0.6) is 5.75 Å². The molecule has 2 heteroatoms. The molecule has 1 aromatic carbocycles. The predicted octanol–water partition coefficient (Wildman–Crippen LogP) is 2.39. The van der Waals surface area contributed by atoms with E-state index in [0.717, 1.165) is 17.7 Å². The van der Waals surface area contributed by atoms with Crippen molar-refractivity contribution in [2.75, 3.05) is 7.11 Å². The van der Waals surface area contributed by atoms with Crippen LogP contribution in [-0.2, 0) is 13.0 Å². The van der Waals surface area contributed by atoms with Gasteiger partial charge in [0.15, 0.2) is 0 Å². The Bertz CT molecular complexity index is 292. The minimum atomic E-state index is 0.0329.